The molecule has 110 valence electrons. The molecule has 1 aromatic carbocycles. The second-order valence-electron chi connectivity index (χ2n) is 5.37. The van der Waals surface area contributed by atoms with E-state index in [-0.39, 0.29) is 18.2 Å². The molecule has 5 heteroatoms. The van der Waals surface area contributed by atoms with Gasteiger partial charge in [0.25, 0.3) is 0 Å². The number of benzene rings is 1. The Balaban J connectivity index is 2.15. The van der Waals surface area contributed by atoms with Crippen LogP contribution in [0, 0.1) is 0 Å². The number of anilines is 1. The molecule has 1 aromatic heterocycles. The van der Waals surface area contributed by atoms with Crippen LogP contribution in [0.2, 0.25) is 0 Å². The Kier molecular flexibility index (Phi) is 3.75. The fraction of sp³-hybridized carbons (Fsp3) is 0.375. The average Bonchev–Trinajstić information content (AvgIpc) is 2.53. The van der Waals surface area contributed by atoms with Crippen molar-refractivity contribution in [1.82, 2.24) is 4.98 Å². The summed E-state index contributed by atoms with van der Waals surface area (Å²) in [6, 6.07) is 7.48. The highest BCUT2D eigenvalue weighted by Crippen LogP contribution is 2.31. The van der Waals surface area contributed by atoms with Crippen LogP contribution in [0.15, 0.2) is 30.5 Å². The van der Waals surface area contributed by atoms with E-state index in [9.17, 15) is 15.0 Å². The van der Waals surface area contributed by atoms with Gasteiger partial charge in [-0.2, -0.15) is 0 Å². The Morgan fingerprint density at radius 1 is 1.29 bits per heavy atom. The number of fused-ring (bicyclic) bond motifs is 1. The molecule has 1 saturated heterocycles. The lowest BCUT2D eigenvalue weighted by atomic mass is 10.0. The van der Waals surface area contributed by atoms with Crippen LogP contribution in [0.25, 0.3) is 10.8 Å². The molecule has 2 aromatic rings. The van der Waals surface area contributed by atoms with Gasteiger partial charge in [0.15, 0.2) is 0 Å². The quantitative estimate of drug-likeness (QED) is 0.905. The van der Waals surface area contributed by atoms with Gasteiger partial charge in [0, 0.05) is 23.5 Å². The first-order chi connectivity index (χ1) is 10.2. The number of aliphatic hydroxyl groups excluding tert-OH is 1. The molecule has 0 bridgehead atoms. The maximum absolute atomic E-state index is 11.3. The molecule has 1 aliphatic heterocycles. The van der Waals surface area contributed by atoms with Crippen LogP contribution < -0.4 is 4.90 Å². The molecule has 0 amide bonds. The largest absolute Gasteiger partial charge is 0.478 e. The highest BCUT2D eigenvalue weighted by molar-refractivity contribution is 6.06. The zero-order valence-electron chi connectivity index (χ0n) is 11.7. The van der Waals surface area contributed by atoms with E-state index < -0.39 is 5.97 Å². The number of pyridine rings is 1. The fourth-order valence-corrected chi connectivity index (χ4v) is 3.05. The number of hydrogen-bond donors (Lipinski definition) is 2. The van der Waals surface area contributed by atoms with Crippen LogP contribution in [0.1, 0.15) is 29.6 Å². The summed E-state index contributed by atoms with van der Waals surface area (Å²) in [5.41, 5.74) is 0.215. The third kappa shape index (κ3) is 2.45. The van der Waals surface area contributed by atoms with Gasteiger partial charge in [-0.25, -0.2) is 9.78 Å². The second-order valence-corrected chi connectivity index (χ2v) is 5.37. The molecule has 0 saturated carbocycles. The zero-order valence-corrected chi connectivity index (χ0v) is 11.7. The van der Waals surface area contributed by atoms with E-state index in [1.54, 1.807) is 0 Å². The van der Waals surface area contributed by atoms with Crippen molar-refractivity contribution in [2.24, 2.45) is 0 Å². The second kappa shape index (κ2) is 5.69. The Hall–Kier alpha value is -2.14. The normalized spacial score (nSPS) is 18.9. The van der Waals surface area contributed by atoms with Crippen molar-refractivity contribution in [2.75, 3.05) is 18.1 Å². The number of hydrogen-bond acceptors (Lipinski definition) is 4. The van der Waals surface area contributed by atoms with Crippen LogP contribution in [0.3, 0.4) is 0 Å². The molecule has 21 heavy (non-hydrogen) atoms. The minimum Gasteiger partial charge on any atom is -0.478 e. The monoisotopic (exact) mass is 286 g/mol. The Labute approximate surface area is 122 Å². The highest BCUT2D eigenvalue weighted by atomic mass is 16.4. The third-order valence-electron chi connectivity index (χ3n) is 4.11. The Bertz CT molecular complexity index is 672. The van der Waals surface area contributed by atoms with Gasteiger partial charge < -0.3 is 15.1 Å². The molecular formula is C16H18N2O3. The van der Waals surface area contributed by atoms with Crippen molar-refractivity contribution in [1.29, 1.82) is 0 Å². The van der Waals surface area contributed by atoms with Crippen molar-refractivity contribution in [2.45, 2.75) is 25.3 Å². The first-order valence-electron chi connectivity index (χ1n) is 7.21. The third-order valence-corrected chi connectivity index (χ3v) is 4.11. The van der Waals surface area contributed by atoms with Crippen LogP contribution in [-0.4, -0.2) is 40.4 Å². The lowest BCUT2D eigenvalue weighted by Gasteiger charge is -2.36. The highest BCUT2D eigenvalue weighted by Gasteiger charge is 2.25. The molecule has 1 unspecified atom stereocenters. The van der Waals surface area contributed by atoms with Crippen LogP contribution >= 0.6 is 0 Å². The number of aromatic nitrogens is 1. The summed E-state index contributed by atoms with van der Waals surface area (Å²) in [5, 5.41) is 20.4. The lowest BCUT2D eigenvalue weighted by Crippen LogP contribution is -2.42. The first kappa shape index (κ1) is 13.8. The van der Waals surface area contributed by atoms with Gasteiger partial charge >= 0.3 is 5.97 Å². The molecule has 1 aliphatic rings. The smallest absolute Gasteiger partial charge is 0.337 e. The van der Waals surface area contributed by atoms with Gasteiger partial charge in [-0.15, -0.1) is 0 Å². The van der Waals surface area contributed by atoms with Crippen molar-refractivity contribution in [3.63, 3.8) is 0 Å². The van der Waals surface area contributed by atoms with Crippen molar-refractivity contribution in [3.05, 3.63) is 36.0 Å². The molecule has 2 heterocycles. The van der Waals surface area contributed by atoms with Gasteiger partial charge in [-0.1, -0.05) is 24.3 Å². The maximum atomic E-state index is 11.3. The van der Waals surface area contributed by atoms with E-state index in [1.807, 2.05) is 24.3 Å². The van der Waals surface area contributed by atoms with Crippen molar-refractivity contribution in [3.8, 4) is 0 Å². The molecule has 5 nitrogen and oxygen atoms in total. The number of piperidine rings is 1. The van der Waals surface area contributed by atoms with Gasteiger partial charge in [0.05, 0.1) is 18.2 Å². The Morgan fingerprint density at radius 2 is 2.05 bits per heavy atom. The lowest BCUT2D eigenvalue weighted by molar-refractivity contribution is 0.0698. The number of rotatable bonds is 3. The molecule has 2 N–H and O–H groups in total. The molecular weight excluding hydrogens is 268 g/mol. The minimum absolute atomic E-state index is 0.0605. The maximum Gasteiger partial charge on any atom is 0.337 e. The van der Waals surface area contributed by atoms with Gasteiger partial charge in [-0.3, -0.25) is 0 Å². The summed E-state index contributed by atoms with van der Waals surface area (Å²) in [6.07, 6.45) is 4.52. The van der Waals surface area contributed by atoms with E-state index in [2.05, 4.69) is 9.88 Å². The SMILES string of the molecule is O=C(O)c1cnc(N2CCCCC2CO)c2ccccc12. The summed E-state index contributed by atoms with van der Waals surface area (Å²) in [4.78, 5) is 17.8. The van der Waals surface area contributed by atoms with E-state index in [0.29, 0.717) is 5.39 Å². The molecule has 1 atom stereocenters. The number of aliphatic hydroxyl groups is 1. The number of carbonyl (C=O) groups is 1. The van der Waals surface area contributed by atoms with E-state index in [4.69, 9.17) is 0 Å². The van der Waals surface area contributed by atoms with E-state index in [1.165, 1.54) is 6.20 Å². The summed E-state index contributed by atoms with van der Waals surface area (Å²) in [6.45, 7) is 0.936. The standard InChI is InChI=1S/C16H18N2O3/c19-10-11-5-3-4-8-18(11)15-13-7-2-1-6-12(13)14(9-17-15)16(20)21/h1-2,6-7,9,11,19H,3-5,8,10H2,(H,20,21). The van der Waals surface area contributed by atoms with Crippen LogP contribution in [0.4, 0.5) is 5.82 Å². The molecule has 0 radical (unpaired) electrons. The predicted octanol–water partition coefficient (Wildman–Crippen LogP) is 2.28. The van der Waals surface area contributed by atoms with E-state index in [0.717, 1.165) is 37.0 Å². The number of carboxylic acids is 1. The predicted molar refractivity (Wildman–Crippen MR) is 80.8 cm³/mol. The zero-order chi connectivity index (χ0) is 14.8. The summed E-state index contributed by atoms with van der Waals surface area (Å²) >= 11 is 0. The van der Waals surface area contributed by atoms with Gasteiger partial charge in [0.2, 0.25) is 0 Å². The van der Waals surface area contributed by atoms with Gasteiger partial charge in [-0.05, 0) is 19.3 Å². The van der Waals surface area contributed by atoms with E-state index >= 15 is 0 Å². The fourth-order valence-electron chi connectivity index (χ4n) is 3.05. The van der Waals surface area contributed by atoms with Crippen LogP contribution in [-0.2, 0) is 0 Å². The topological polar surface area (TPSA) is 73.7 Å². The summed E-state index contributed by atoms with van der Waals surface area (Å²) in [5.74, 6) is -0.197. The number of aromatic carboxylic acids is 1. The van der Waals surface area contributed by atoms with Crippen LogP contribution in [0.5, 0.6) is 0 Å². The molecule has 1 fully saturated rings. The average molecular weight is 286 g/mol. The van der Waals surface area contributed by atoms with Gasteiger partial charge in [0.1, 0.15) is 5.82 Å². The van der Waals surface area contributed by atoms with Crippen molar-refractivity contribution < 1.29 is 15.0 Å². The number of carboxylic acid groups (broad SMARTS) is 1. The number of nitrogens with zero attached hydrogens (tertiary/aromatic N) is 2. The molecule has 0 aliphatic carbocycles. The molecule has 3 rings (SSSR count). The molecule has 0 spiro atoms. The first-order valence-corrected chi connectivity index (χ1v) is 7.21. The Morgan fingerprint density at radius 3 is 2.76 bits per heavy atom. The minimum atomic E-state index is -0.970. The van der Waals surface area contributed by atoms with Crippen molar-refractivity contribution >= 4 is 22.6 Å². The summed E-state index contributed by atoms with van der Waals surface area (Å²) < 4.78 is 0. The summed E-state index contributed by atoms with van der Waals surface area (Å²) in [7, 11) is 0.